The summed E-state index contributed by atoms with van der Waals surface area (Å²) in [7, 11) is 3.14. The summed E-state index contributed by atoms with van der Waals surface area (Å²) < 4.78 is 24.9. The molecule has 0 aliphatic rings. The molecule has 0 aliphatic carbocycles. The summed E-state index contributed by atoms with van der Waals surface area (Å²) in [6.45, 7) is 0. The number of rotatable bonds is 4. The maximum Gasteiger partial charge on any atom is 0.255 e. The number of nitrogens with one attached hydrogen (secondary N) is 2. The van der Waals surface area contributed by atoms with Gasteiger partial charge in [0.25, 0.3) is 5.91 Å². The minimum Gasteiger partial charge on any atom is -0.496 e. The minimum absolute atomic E-state index is 0.287. The molecule has 6 heteroatoms. The van der Waals surface area contributed by atoms with E-state index in [1.54, 1.807) is 32.4 Å². The van der Waals surface area contributed by atoms with Crippen molar-refractivity contribution in [1.82, 2.24) is 10.3 Å². The predicted octanol–water partition coefficient (Wildman–Crippen LogP) is 4.60. The molecule has 0 radical (unpaired) electrons. The second-order valence-electron chi connectivity index (χ2n) is 6.04. The highest BCUT2D eigenvalue weighted by Gasteiger charge is 2.23. The molecule has 0 spiro atoms. The van der Waals surface area contributed by atoms with E-state index in [1.807, 2.05) is 24.5 Å². The van der Waals surface area contributed by atoms with E-state index in [1.165, 1.54) is 12.1 Å². The van der Waals surface area contributed by atoms with Gasteiger partial charge in [0.2, 0.25) is 0 Å². The van der Waals surface area contributed by atoms with Crippen molar-refractivity contribution in [2.75, 3.05) is 14.2 Å². The molecule has 0 fully saturated rings. The van der Waals surface area contributed by atoms with Gasteiger partial charge in [-0.2, -0.15) is 0 Å². The standard InChI is InChI=1S/C21H17FN2O3/c1-23-21(25)19-16-10-17(26-2)15(13-7-8-24-11-13)9-18(16)27-20(19)12-3-5-14(22)6-4-12/h3-11,24H,1-2H3,(H,23,25). The number of aromatic nitrogens is 1. The number of halogens is 1. The number of aromatic amines is 1. The Morgan fingerprint density at radius 3 is 2.56 bits per heavy atom. The van der Waals surface area contributed by atoms with Crippen molar-refractivity contribution in [3.63, 3.8) is 0 Å². The number of carbonyl (C=O) groups is 1. The Labute approximate surface area is 154 Å². The normalized spacial score (nSPS) is 10.9. The Morgan fingerprint density at radius 2 is 1.93 bits per heavy atom. The van der Waals surface area contributed by atoms with Crippen LogP contribution in [0.3, 0.4) is 0 Å². The second kappa shape index (κ2) is 6.64. The topological polar surface area (TPSA) is 67.3 Å². The van der Waals surface area contributed by atoms with Crippen LogP contribution in [0.15, 0.2) is 59.3 Å². The van der Waals surface area contributed by atoms with Crippen LogP contribution in [0.2, 0.25) is 0 Å². The number of ether oxygens (including phenoxy) is 1. The second-order valence-corrected chi connectivity index (χ2v) is 6.04. The molecule has 2 N–H and O–H groups in total. The van der Waals surface area contributed by atoms with Crippen molar-refractivity contribution in [2.24, 2.45) is 0 Å². The van der Waals surface area contributed by atoms with Crippen LogP contribution < -0.4 is 10.1 Å². The summed E-state index contributed by atoms with van der Waals surface area (Å²) in [6, 6.07) is 11.4. The van der Waals surface area contributed by atoms with Crippen molar-refractivity contribution < 1.29 is 18.3 Å². The van der Waals surface area contributed by atoms with E-state index in [-0.39, 0.29) is 11.7 Å². The molecule has 0 aliphatic heterocycles. The summed E-state index contributed by atoms with van der Waals surface area (Å²) >= 11 is 0. The lowest BCUT2D eigenvalue weighted by molar-refractivity contribution is 0.0964. The number of benzene rings is 2. The van der Waals surface area contributed by atoms with Gasteiger partial charge >= 0.3 is 0 Å². The third-order valence-electron chi connectivity index (χ3n) is 4.48. The largest absolute Gasteiger partial charge is 0.496 e. The zero-order valence-electron chi connectivity index (χ0n) is 14.8. The average molecular weight is 364 g/mol. The number of carbonyl (C=O) groups excluding carboxylic acids is 1. The maximum absolute atomic E-state index is 13.3. The molecule has 0 saturated heterocycles. The lowest BCUT2D eigenvalue weighted by Crippen LogP contribution is -2.18. The predicted molar refractivity (Wildman–Crippen MR) is 101 cm³/mol. The van der Waals surface area contributed by atoms with E-state index in [2.05, 4.69) is 10.3 Å². The first-order valence-electron chi connectivity index (χ1n) is 8.38. The van der Waals surface area contributed by atoms with E-state index in [0.29, 0.717) is 33.6 Å². The van der Waals surface area contributed by atoms with Gasteiger partial charge in [-0.15, -0.1) is 0 Å². The Bertz CT molecular complexity index is 1110. The highest BCUT2D eigenvalue weighted by atomic mass is 19.1. The van der Waals surface area contributed by atoms with Gasteiger partial charge in [-0.05, 0) is 42.5 Å². The highest BCUT2D eigenvalue weighted by molar-refractivity contribution is 6.12. The number of methoxy groups -OCH3 is 1. The molecule has 0 saturated carbocycles. The number of hydrogen-bond donors (Lipinski definition) is 2. The smallest absolute Gasteiger partial charge is 0.255 e. The van der Waals surface area contributed by atoms with Gasteiger partial charge in [-0.25, -0.2) is 4.39 Å². The molecular weight excluding hydrogens is 347 g/mol. The number of fused-ring (bicyclic) bond motifs is 1. The van der Waals surface area contributed by atoms with Crippen molar-refractivity contribution in [3.8, 4) is 28.2 Å². The molecule has 1 amide bonds. The highest BCUT2D eigenvalue weighted by Crippen LogP contribution is 2.40. The fourth-order valence-electron chi connectivity index (χ4n) is 3.16. The van der Waals surface area contributed by atoms with Crippen LogP contribution in [0.4, 0.5) is 4.39 Å². The van der Waals surface area contributed by atoms with Crippen molar-refractivity contribution >= 4 is 16.9 Å². The zero-order chi connectivity index (χ0) is 19.0. The molecule has 0 atom stereocenters. The molecule has 136 valence electrons. The Hall–Kier alpha value is -3.54. The van der Waals surface area contributed by atoms with Crippen LogP contribution in [0.1, 0.15) is 10.4 Å². The third-order valence-corrected chi connectivity index (χ3v) is 4.48. The minimum atomic E-state index is -0.354. The Kier molecular flexibility index (Phi) is 4.16. The molecular formula is C21H17FN2O3. The van der Waals surface area contributed by atoms with Gasteiger partial charge in [0.15, 0.2) is 0 Å². The lowest BCUT2D eigenvalue weighted by Gasteiger charge is -2.07. The first-order chi connectivity index (χ1) is 13.1. The summed E-state index contributed by atoms with van der Waals surface area (Å²) in [5.41, 5.74) is 3.33. The lowest BCUT2D eigenvalue weighted by atomic mass is 10.0. The van der Waals surface area contributed by atoms with Gasteiger partial charge in [-0.1, -0.05) is 0 Å². The van der Waals surface area contributed by atoms with Crippen LogP contribution >= 0.6 is 0 Å². The van der Waals surface area contributed by atoms with E-state index < -0.39 is 0 Å². The summed E-state index contributed by atoms with van der Waals surface area (Å²) in [5.74, 6) is 0.369. The SMILES string of the molecule is CNC(=O)c1c(-c2ccc(F)cc2)oc2cc(-c3cc[nH]c3)c(OC)cc12. The number of amides is 1. The van der Waals surface area contributed by atoms with E-state index in [9.17, 15) is 9.18 Å². The van der Waals surface area contributed by atoms with E-state index in [0.717, 1.165) is 11.1 Å². The molecule has 2 aromatic carbocycles. The molecule has 0 unspecified atom stereocenters. The molecule has 4 aromatic rings. The van der Waals surface area contributed by atoms with Crippen LogP contribution in [0.25, 0.3) is 33.4 Å². The average Bonchev–Trinajstić information content (AvgIpc) is 3.34. The van der Waals surface area contributed by atoms with Gasteiger partial charge in [0.05, 0.1) is 12.7 Å². The first kappa shape index (κ1) is 16.9. The molecule has 2 heterocycles. The maximum atomic E-state index is 13.3. The quantitative estimate of drug-likeness (QED) is 0.556. The third kappa shape index (κ3) is 2.85. The van der Waals surface area contributed by atoms with Crippen molar-refractivity contribution in [2.45, 2.75) is 0 Å². The summed E-state index contributed by atoms with van der Waals surface area (Å²) in [5, 5.41) is 3.27. The van der Waals surface area contributed by atoms with Gasteiger partial charge < -0.3 is 19.5 Å². The fourth-order valence-corrected chi connectivity index (χ4v) is 3.16. The Balaban J connectivity index is 2.01. The Morgan fingerprint density at radius 1 is 1.15 bits per heavy atom. The van der Waals surface area contributed by atoms with Crippen LogP contribution in [0, 0.1) is 5.82 Å². The first-order valence-corrected chi connectivity index (χ1v) is 8.38. The van der Waals surface area contributed by atoms with Crippen LogP contribution in [-0.2, 0) is 0 Å². The molecule has 2 aromatic heterocycles. The van der Waals surface area contributed by atoms with E-state index >= 15 is 0 Å². The van der Waals surface area contributed by atoms with Crippen LogP contribution in [-0.4, -0.2) is 25.0 Å². The monoisotopic (exact) mass is 364 g/mol. The van der Waals surface area contributed by atoms with Gasteiger partial charge in [0.1, 0.15) is 22.9 Å². The molecule has 4 rings (SSSR count). The van der Waals surface area contributed by atoms with Crippen molar-refractivity contribution in [1.29, 1.82) is 0 Å². The molecule has 0 bridgehead atoms. The number of H-pyrrole nitrogens is 1. The number of hydrogen-bond acceptors (Lipinski definition) is 3. The van der Waals surface area contributed by atoms with E-state index in [4.69, 9.17) is 9.15 Å². The van der Waals surface area contributed by atoms with Crippen LogP contribution in [0.5, 0.6) is 5.75 Å². The fraction of sp³-hybridized carbons (Fsp3) is 0.0952. The molecule has 5 nitrogen and oxygen atoms in total. The zero-order valence-corrected chi connectivity index (χ0v) is 14.8. The van der Waals surface area contributed by atoms with Gasteiger partial charge in [0, 0.05) is 41.5 Å². The summed E-state index contributed by atoms with van der Waals surface area (Å²) in [6.07, 6.45) is 3.67. The molecule has 27 heavy (non-hydrogen) atoms. The number of furan rings is 1. The van der Waals surface area contributed by atoms with Gasteiger partial charge in [-0.3, -0.25) is 4.79 Å². The summed E-state index contributed by atoms with van der Waals surface area (Å²) in [4.78, 5) is 15.6. The van der Waals surface area contributed by atoms with Crippen molar-refractivity contribution in [3.05, 3.63) is 66.2 Å².